The average Bonchev–Trinajstić information content (AvgIpc) is 2.96. The summed E-state index contributed by atoms with van der Waals surface area (Å²) in [6, 6.07) is 12.3. The van der Waals surface area contributed by atoms with Gasteiger partial charge in [-0.05, 0) is 43.7 Å². The van der Waals surface area contributed by atoms with E-state index < -0.39 is 0 Å². The SMILES string of the molecule is Cc1ccc(-c2cc3ccoc3c3nc(C)ccc23)nc1. The molecule has 0 aliphatic heterocycles. The Labute approximate surface area is 122 Å². The quantitative estimate of drug-likeness (QED) is 0.506. The van der Waals surface area contributed by atoms with Crippen LogP contribution >= 0.6 is 0 Å². The number of aromatic nitrogens is 2. The molecule has 0 spiro atoms. The first-order chi connectivity index (χ1) is 10.2. The average molecular weight is 274 g/mol. The fourth-order valence-corrected chi connectivity index (χ4v) is 2.64. The van der Waals surface area contributed by atoms with Gasteiger partial charge in [-0.15, -0.1) is 0 Å². The van der Waals surface area contributed by atoms with Crippen molar-refractivity contribution in [3.8, 4) is 11.3 Å². The molecule has 1 aromatic carbocycles. The predicted molar refractivity (Wildman–Crippen MR) is 84.2 cm³/mol. The van der Waals surface area contributed by atoms with Crippen molar-refractivity contribution in [3.05, 3.63) is 60.1 Å². The van der Waals surface area contributed by atoms with Gasteiger partial charge in [-0.1, -0.05) is 12.1 Å². The molecule has 0 saturated heterocycles. The molecule has 0 amide bonds. The Kier molecular flexibility index (Phi) is 2.54. The Morgan fingerprint density at radius 3 is 2.71 bits per heavy atom. The van der Waals surface area contributed by atoms with Crippen LogP contribution in [0.3, 0.4) is 0 Å². The molecule has 0 saturated carbocycles. The molecule has 0 aliphatic rings. The molecule has 3 heteroatoms. The van der Waals surface area contributed by atoms with Gasteiger partial charge < -0.3 is 4.42 Å². The molecule has 0 radical (unpaired) electrons. The molecule has 3 aromatic heterocycles. The number of hydrogen-bond acceptors (Lipinski definition) is 3. The standard InChI is InChI=1S/C18H14N2O/c1-11-3-6-16(19-10-11)15-9-13-7-8-21-18(13)17-14(15)5-4-12(2)20-17/h3-10H,1-2H3. The molecule has 0 atom stereocenters. The summed E-state index contributed by atoms with van der Waals surface area (Å²) in [5, 5.41) is 2.12. The monoisotopic (exact) mass is 274 g/mol. The number of rotatable bonds is 1. The molecule has 0 fully saturated rings. The first-order valence-electron chi connectivity index (χ1n) is 6.93. The van der Waals surface area contributed by atoms with Crippen molar-refractivity contribution in [1.82, 2.24) is 9.97 Å². The number of hydrogen-bond donors (Lipinski definition) is 0. The summed E-state index contributed by atoms with van der Waals surface area (Å²) in [5.74, 6) is 0. The molecule has 4 aromatic rings. The van der Waals surface area contributed by atoms with Crippen molar-refractivity contribution >= 4 is 21.9 Å². The van der Waals surface area contributed by atoms with Crippen LogP contribution in [-0.4, -0.2) is 9.97 Å². The minimum Gasteiger partial charge on any atom is -0.462 e. The minimum atomic E-state index is 0.838. The molecule has 3 heterocycles. The Morgan fingerprint density at radius 2 is 1.90 bits per heavy atom. The largest absolute Gasteiger partial charge is 0.462 e. The lowest BCUT2D eigenvalue weighted by atomic mass is 10.0. The molecular formula is C18H14N2O. The van der Waals surface area contributed by atoms with Crippen LogP contribution in [0.4, 0.5) is 0 Å². The summed E-state index contributed by atoms with van der Waals surface area (Å²) in [6.07, 6.45) is 3.60. The van der Waals surface area contributed by atoms with Crippen molar-refractivity contribution in [1.29, 1.82) is 0 Å². The molecular weight excluding hydrogens is 260 g/mol. The molecule has 102 valence electrons. The summed E-state index contributed by atoms with van der Waals surface area (Å²) < 4.78 is 5.61. The van der Waals surface area contributed by atoms with Gasteiger partial charge in [-0.25, -0.2) is 4.98 Å². The van der Waals surface area contributed by atoms with E-state index in [0.29, 0.717) is 0 Å². The number of fused-ring (bicyclic) bond motifs is 3. The zero-order valence-corrected chi connectivity index (χ0v) is 11.9. The van der Waals surface area contributed by atoms with Gasteiger partial charge in [0.25, 0.3) is 0 Å². The van der Waals surface area contributed by atoms with Gasteiger partial charge >= 0.3 is 0 Å². The van der Waals surface area contributed by atoms with Gasteiger partial charge in [0, 0.05) is 28.2 Å². The van der Waals surface area contributed by atoms with E-state index in [4.69, 9.17) is 4.42 Å². The Hall–Kier alpha value is -2.68. The van der Waals surface area contributed by atoms with Crippen LogP contribution in [0.5, 0.6) is 0 Å². The van der Waals surface area contributed by atoms with Crippen molar-refractivity contribution in [3.63, 3.8) is 0 Å². The lowest BCUT2D eigenvalue weighted by molar-refractivity contribution is 0.618. The molecule has 0 N–H and O–H groups in total. The zero-order chi connectivity index (χ0) is 14.4. The number of furan rings is 1. The number of nitrogens with zero attached hydrogens (tertiary/aromatic N) is 2. The van der Waals surface area contributed by atoms with Crippen LogP contribution in [0.25, 0.3) is 33.1 Å². The summed E-state index contributed by atoms with van der Waals surface area (Å²) in [4.78, 5) is 9.21. The third kappa shape index (κ3) is 1.89. The molecule has 0 aliphatic carbocycles. The third-order valence-corrected chi connectivity index (χ3v) is 3.72. The summed E-state index contributed by atoms with van der Waals surface area (Å²) in [5.41, 5.74) is 5.92. The van der Waals surface area contributed by atoms with Crippen molar-refractivity contribution < 1.29 is 4.42 Å². The topological polar surface area (TPSA) is 38.9 Å². The summed E-state index contributed by atoms with van der Waals surface area (Å²) in [6.45, 7) is 4.03. The van der Waals surface area contributed by atoms with Gasteiger partial charge in [0.15, 0.2) is 5.58 Å². The van der Waals surface area contributed by atoms with Crippen LogP contribution in [0, 0.1) is 13.8 Å². The highest BCUT2D eigenvalue weighted by atomic mass is 16.3. The highest BCUT2D eigenvalue weighted by Gasteiger charge is 2.12. The molecule has 4 rings (SSSR count). The number of pyridine rings is 2. The summed E-state index contributed by atoms with van der Waals surface area (Å²) >= 11 is 0. The number of aryl methyl sites for hydroxylation is 2. The van der Waals surface area contributed by atoms with E-state index in [-0.39, 0.29) is 0 Å². The maximum absolute atomic E-state index is 5.61. The van der Waals surface area contributed by atoms with E-state index in [2.05, 4.69) is 34.2 Å². The molecule has 0 bridgehead atoms. The van der Waals surface area contributed by atoms with Gasteiger partial charge in [0.2, 0.25) is 0 Å². The van der Waals surface area contributed by atoms with Gasteiger partial charge in [0.1, 0.15) is 5.52 Å². The lowest BCUT2D eigenvalue weighted by Gasteiger charge is -2.08. The maximum Gasteiger partial charge on any atom is 0.160 e. The highest BCUT2D eigenvalue weighted by Crippen LogP contribution is 2.33. The zero-order valence-electron chi connectivity index (χ0n) is 11.9. The van der Waals surface area contributed by atoms with E-state index in [1.54, 1.807) is 6.26 Å². The van der Waals surface area contributed by atoms with Crippen LogP contribution in [0.1, 0.15) is 11.3 Å². The van der Waals surface area contributed by atoms with Gasteiger partial charge in [-0.3, -0.25) is 4.98 Å². The first kappa shape index (κ1) is 12.1. The van der Waals surface area contributed by atoms with Crippen molar-refractivity contribution in [2.24, 2.45) is 0 Å². The molecule has 3 nitrogen and oxygen atoms in total. The Morgan fingerprint density at radius 1 is 1.00 bits per heavy atom. The fourth-order valence-electron chi connectivity index (χ4n) is 2.64. The summed E-state index contributed by atoms with van der Waals surface area (Å²) in [7, 11) is 0. The van der Waals surface area contributed by atoms with Crippen molar-refractivity contribution in [2.75, 3.05) is 0 Å². The van der Waals surface area contributed by atoms with E-state index in [9.17, 15) is 0 Å². The van der Waals surface area contributed by atoms with E-state index in [1.165, 1.54) is 0 Å². The third-order valence-electron chi connectivity index (χ3n) is 3.72. The second-order valence-electron chi connectivity index (χ2n) is 5.33. The highest BCUT2D eigenvalue weighted by molar-refractivity contribution is 6.09. The second kappa shape index (κ2) is 4.42. The number of benzene rings is 1. The second-order valence-corrected chi connectivity index (χ2v) is 5.33. The van der Waals surface area contributed by atoms with Crippen LogP contribution < -0.4 is 0 Å². The first-order valence-corrected chi connectivity index (χ1v) is 6.93. The van der Waals surface area contributed by atoms with E-state index in [1.807, 2.05) is 32.2 Å². The van der Waals surface area contributed by atoms with E-state index >= 15 is 0 Å². The van der Waals surface area contributed by atoms with Gasteiger partial charge in [0.05, 0.1) is 12.0 Å². The smallest absolute Gasteiger partial charge is 0.160 e. The normalized spacial score (nSPS) is 11.3. The maximum atomic E-state index is 5.61. The Bertz CT molecular complexity index is 952. The fraction of sp³-hybridized carbons (Fsp3) is 0.111. The Balaban J connectivity index is 2.13. The van der Waals surface area contributed by atoms with Crippen LogP contribution in [-0.2, 0) is 0 Å². The minimum absolute atomic E-state index is 0.838. The van der Waals surface area contributed by atoms with Crippen LogP contribution in [0.15, 0.2) is 53.3 Å². The lowest BCUT2D eigenvalue weighted by Crippen LogP contribution is -1.90. The van der Waals surface area contributed by atoms with E-state index in [0.717, 1.165) is 44.4 Å². The van der Waals surface area contributed by atoms with Crippen LogP contribution in [0.2, 0.25) is 0 Å². The van der Waals surface area contributed by atoms with Crippen molar-refractivity contribution in [2.45, 2.75) is 13.8 Å². The molecule has 21 heavy (non-hydrogen) atoms. The predicted octanol–water partition coefficient (Wildman–Crippen LogP) is 4.66. The molecule has 0 unspecified atom stereocenters. The van der Waals surface area contributed by atoms with Gasteiger partial charge in [-0.2, -0.15) is 0 Å².